The third kappa shape index (κ3) is 3.85. The molecular formula is C20H18F3NO4. The van der Waals surface area contributed by atoms with Crippen molar-refractivity contribution in [2.75, 3.05) is 19.8 Å². The van der Waals surface area contributed by atoms with E-state index in [0.29, 0.717) is 36.8 Å². The molecule has 0 radical (unpaired) electrons. The van der Waals surface area contributed by atoms with E-state index in [9.17, 15) is 18.0 Å². The van der Waals surface area contributed by atoms with Crippen molar-refractivity contribution < 1.29 is 32.2 Å². The maximum absolute atomic E-state index is 12.9. The minimum Gasteiger partial charge on any atom is -0.486 e. The van der Waals surface area contributed by atoms with Crippen LogP contribution in [0.5, 0.6) is 17.2 Å². The monoisotopic (exact) mass is 393 g/mol. The minimum absolute atomic E-state index is 0.116. The Hall–Kier alpha value is -2.90. The number of hydrogen-bond acceptors (Lipinski definition) is 4. The van der Waals surface area contributed by atoms with Crippen molar-refractivity contribution in [2.24, 2.45) is 0 Å². The Bertz CT molecular complexity index is 867. The third-order valence-corrected chi connectivity index (χ3v) is 4.80. The lowest BCUT2D eigenvalue weighted by molar-refractivity contribution is -0.274. The first kappa shape index (κ1) is 18.5. The van der Waals surface area contributed by atoms with Crippen LogP contribution < -0.4 is 14.2 Å². The van der Waals surface area contributed by atoms with Crippen LogP contribution in [0.4, 0.5) is 13.2 Å². The van der Waals surface area contributed by atoms with Crippen LogP contribution in [-0.4, -0.2) is 36.9 Å². The van der Waals surface area contributed by atoms with Gasteiger partial charge in [-0.3, -0.25) is 4.79 Å². The zero-order valence-corrected chi connectivity index (χ0v) is 14.9. The second-order valence-electron chi connectivity index (χ2n) is 6.63. The maximum Gasteiger partial charge on any atom is 0.573 e. The van der Waals surface area contributed by atoms with E-state index in [4.69, 9.17) is 9.47 Å². The number of alkyl halides is 3. The normalized spacial score (nSPS) is 18.8. The molecule has 0 aromatic heterocycles. The van der Waals surface area contributed by atoms with Crippen molar-refractivity contribution in [2.45, 2.75) is 25.2 Å². The molecule has 148 valence electrons. The average Bonchev–Trinajstić information content (AvgIpc) is 3.16. The van der Waals surface area contributed by atoms with Crippen LogP contribution in [0, 0.1) is 0 Å². The highest BCUT2D eigenvalue weighted by molar-refractivity contribution is 5.94. The molecule has 4 rings (SSSR count). The van der Waals surface area contributed by atoms with Gasteiger partial charge >= 0.3 is 6.36 Å². The standard InChI is InChI=1S/C20H18F3NO4/c21-20(22,23)28-15-6-3-13(4-7-15)19(25)24-9-1-2-16(24)14-5-8-17-18(12-14)27-11-10-26-17/h3-8,12,16H,1-2,9-11H2. The second kappa shape index (κ2) is 7.26. The average molecular weight is 393 g/mol. The quantitative estimate of drug-likeness (QED) is 0.779. The van der Waals surface area contributed by atoms with Gasteiger partial charge in [-0.25, -0.2) is 0 Å². The van der Waals surface area contributed by atoms with Crippen LogP contribution in [0.25, 0.3) is 0 Å². The first-order valence-electron chi connectivity index (χ1n) is 8.97. The summed E-state index contributed by atoms with van der Waals surface area (Å²) < 4.78 is 51.9. The van der Waals surface area contributed by atoms with Crippen LogP contribution in [0.1, 0.15) is 34.8 Å². The van der Waals surface area contributed by atoms with E-state index >= 15 is 0 Å². The SMILES string of the molecule is O=C(c1ccc(OC(F)(F)F)cc1)N1CCCC1c1ccc2c(c1)OCCO2. The second-order valence-corrected chi connectivity index (χ2v) is 6.63. The Morgan fingerprint density at radius 2 is 1.75 bits per heavy atom. The molecule has 0 saturated carbocycles. The summed E-state index contributed by atoms with van der Waals surface area (Å²) in [5.74, 6) is 0.771. The van der Waals surface area contributed by atoms with Crippen molar-refractivity contribution in [1.82, 2.24) is 4.90 Å². The molecule has 1 amide bonds. The van der Waals surface area contributed by atoms with Gasteiger partial charge in [0.15, 0.2) is 11.5 Å². The predicted molar refractivity (Wildman–Crippen MR) is 93.6 cm³/mol. The number of amides is 1. The number of nitrogens with zero attached hydrogens (tertiary/aromatic N) is 1. The third-order valence-electron chi connectivity index (χ3n) is 4.80. The molecule has 0 aliphatic carbocycles. The number of rotatable bonds is 3. The van der Waals surface area contributed by atoms with Gasteiger partial charge in [0.25, 0.3) is 5.91 Å². The molecule has 1 fully saturated rings. The van der Waals surface area contributed by atoms with Crippen LogP contribution in [-0.2, 0) is 0 Å². The van der Waals surface area contributed by atoms with Crippen LogP contribution in [0.2, 0.25) is 0 Å². The maximum atomic E-state index is 12.9. The van der Waals surface area contributed by atoms with E-state index in [-0.39, 0.29) is 17.7 Å². The van der Waals surface area contributed by atoms with Gasteiger partial charge in [0.1, 0.15) is 19.0 Å². The van der Waals surface area contributed by atoms with E-state index in [1.54, 1.807) is 4.90 Å². The Morgan fingerprint density at radius 3 is 2.46 bits per heavy atom. The summed E-state index contributed by atoms with van der Waals surface area (Å²) in [5.41, 5.74) is 1.27. The number of ether oxygens (including phenoxy) is 3. The molecule has 1 atom stereocenters. The summed E-state index contributed by atoms with van der Waals surface area (Å²) in [6, 6.07) is 10.5. The highest BCUT2D eigenvalue weighted by atomic mass is 19.4. The molecule has 5 nitrogen and oxygen atoms in total. The molecule has 0 N–H and O–H groups in total. The number of carbonyl (C=O) groups excluding carboxylic acids is 1. The predicted octanol–water partition coefficient (Wildman–Crippen LogP) is 4.33. The number of halogens is 3. The zero-order chi connectivity index (χ0) is 19.7. The Morgan fingerprint density at radius 1 is 1.04 bits per heavy atom. The van der Waals surface area contributed by atoms with Gasteiger partial charge in [0.2, 0.25) is 0 Å². The summed E-state index contributed by atoms with van der Waals surface area (Å²) >= 11 is 0. The number of hydrogen-bond donors (Lipinski definition) is 0. The van der Waals surface area contributed by atoms with Crippen LogP contribution >= 0.6 is 0 Å². The Kier molecular flexibility index (Phi) is 4.78. The highest BCUT2D eigenvalue weighted by Crippen LogP contribution is 2.38. The first-order chi connectivity index (χ1) is 13.4. The number of likely N-dealkylation sites (tertiary alicyclic amines) is 1. The molecule has 2 aliphatic rings. The van der Waals surface area contributed by atoms with Crippen molar-refractivity contribution in [3.63, 3.8) is 0 Å². The molecule has 1 unspecified atom stereocenters. The van der Waals surface area contributed by atoms with Gasteiger partial charge in [0.05, 0.1) is 6.04 Å². The molecule has 2 aromatic carbocycles. The summed E-state index contributed by atoms with van der Waals surface area (Å²) in [6.07, 6.45) is -3.11. The summed E-state index contributed by atoms with van der Waals surface area (Å²) in [6.45, 7) is 1.57. The largest absolute Gasteiger partial charge is 0.573 e. The molecule has 2 aromatic rings. The lowest BCUT2D eigenvalue weighted by Gasteiger charge is -2.27. The zero-order valence-electron chi connectivity index (χ0n) is 14.9. The van der Waals surface area contributed by atoms with Gasteiger partial charge in [-0.2, -0.15) is 0 Å². The molecule has 2 heterocycles. The molecule has 0 bridgehead atoms. The Balaban J connectivity index is 1.52. The van der Waals surface area contributed by atoms with Gasteiger partial charge in [-0.05, 0) is 54.8 Å². The summed E-state index contributed by atoms with van der Waals surface area (Å²) in [5, 5.41) is 0. The number of benzene rings is 2. The van der Waals surface area contributed by atoms with Crippen molar-refractivity contribution in [3.05, 3.63) is 53.6 Å². The fourth-order valence-corrected chi connectivity index (χ4v) is 3.59. The minimum atomic E-state index is -4.76. The smallest absolute Gasteiger partial charge is 0.486 e. The first-order valence-corrected chi connectivity index (χ1v) is 8.97. The van der Waals surface area contributed by atoms with E-state index in [2.05, 4.69) is 4.74 Å². The van der Waals surface area contributed by atoms with E-state index < -0.39 is 6.36 Å². The summed E-state index contributed by atoms with van der Waals surface area (Å²) in [7, 11) is 0. The number of fused-ring (bicyclic) bond motifs is 1. The number of carbonyl (C=O) groups is 1. The lowest BCUT2D eigenvalue weighted by atomic mass is 10.0. The van der Waals surface area contributed by atoms with Gasteiger partial charge < -0.3 is 19.1 Å². The fraction of sp³-hybridized carbons (Fsp3) is 0.350. The molecule has 28 heavy (non-hydrogen) atoms. The molecule has 1 saturated heterocycles. The molecule has 0 spiro atoms. The van der Waals surface area contributed by atoms with Crippen molar-refractivity contribution in [1.29, 1.82) is 0 Å². The molecule has 8 heteroatoms. The highest BCUT2D eigenvalue weighted by Gasteiger charge is 2.33. The Labute approximate surface area is 159 Å². The fourth-order valence-electron chi connectivity index (χ4n) is 3.59. The van der Waals surface area contributed by atoms with E-state index in [1.165, 1.54) is 12.1 Å². The topological polar surface area (TPSA) is 48.0 Å². The lowest BCUT2D eigenvalue weighted by Crippen LogP contribution is -2.30. The molecular weight excluding hydrogens is 375 g/mol. The van der Waals surface area contributed by atoms with Crippen molar-refractivity contribution >= 4 is 5.91 Å². The van der Waals surface area contributed by atoms with Gasteiger partial charge in [0, 0.05) is 12.1 Å². The van der Waals surface area contributed by atoms with Crippen LogP contribution in [0.3, 0.4) is 0 Å². The van der Waals surface area contributed by atoms with E-state index in [1.807, 2.05) is 18.2 Å². The van der Waals surface area contributed by atoms with E-state index in [0.717, 1.165) is 30.5 Å². The van der Waals surface area contributed by atoms with Crippen molar-refractivity contribution in [3.8, 4) is 17.2 Å². The van der Waals surface area contributed by atoms with Gasteiger partial charge in [-0.15, -0.1) is 13.2 Å². The molecule has 2 aliphatic heterocycles. The van der Waals surface area contributed by atoms with Crippen LogP contribution in [0.15, 0.2) is 42.5 Å². The van der Waals surface area contributed by atoms with Gasteiger partial charge in [-0.1, -0.05) is 6.07 Å². The summed E-state index contributed by atoms with van der Waals surface area (Å²) in [4.78, 5) is 14.7.